The molecule has 1 aromatic carbocycles. The first-order valence-corrected chi connectivity index (χ1v) is 6.59. The van der Waals surface area contributed by atoms with Crippen LogP contribution in [-0.4, -0.2) is 12.6 Å². The maximum atomic E-state index is 13.5. The number of rotatable bonds is 7. The van der Waals surface area contributed by atoms with Crippen molar-refractivity contribution in [2.75, 3.05) is 12.3 Å². The minimum Gasteiger partial charge on any atom is -0.462 e. The van der Waals surface area contributed by atoms with Crippen LogP contribution in [0, 0.1) is 17.5 Å². The lowest BCUT2D eigenvalue weighted by Gasteiger charge is -2.08. The number of benzene rings is 1. The zero-order valence-electron chi connectivity index (χ0n) is 11.3. The van der Waals surface area contributed by atoms with Crippen molar-refractivity contribution in [2.24, 2.45) is 0 Å². The maximum absolute atomic E-state index is 13.5. The Morgan fingerprint density at radius 3 is 2.45 bits per heavy atom. The summed E-state index contributed by atoms with van der Waals surface area (Å²) in [6.45, 7) is 2.19. The third kappa shape index (κ3) is 4.15. The predicted molar refractivity (Wildman–Crippen MR) is 69.8 cm³/mol. The van der Waals surface area contributed by atoms with Crippen molar-refractivity contribution in [3.8, 4) is 0 Å². The molecule has 0 unspecified atom stereocenters. The summed E-state index contributed by atoms with van der Waals surface area (Å²) in [5.41, 5.74) is 3.33. The van der Waals surface area contributed by atoms with E-state index in [0.717, 1.165) is 25.7 Å². The molecule has 6 heteroatoms. The molecule has 0 heterocycles. The molecular weight excluding hydrogens is 271 g/mol. The Kier molecular flexibility index (Phi) is 6.35. The Labute approximate surface area is 115 Å². The van der Waals surface area contributed by atoms with Crippen molar-refractivity contribution >= 4 is 11.7 Å². The van der Waals surface area contributed by atoms with Gasteiger partial charge in [-0.15, -0.1) is 0 Å². The zero-order chi connectivity index (χ0) is 15.1. The van der Waals surface area contributed by atoms with Crippen LogP contribution in [0.15, 0.2) is 6.07 Å². The van der Waals surface area contributed by atoms with Gasteiger partial charge in [0, 0.05) is 0 Å². The van der Waals surface area contributed by atoms with Gasteiger partial charge in [-0.05, 0) is 12.5 Å². The average molecular weight is 289 g/mol. The molecule has 0 saturated carbocycles. The van der Waals surface area contributed by atoms with Crippen molar-refractivity contribution in [1.82, 2.24) is 0 Å². The Bertz CT molecular complexity index is 478. The second-order valence-electron chi connectivity index (χ2n) is 4.50. The Hall–Kier alpha value is -1.72. The summed E-state index contributed by atoms with van der Waals surface area (Å²) in [6.07, 6.45) is 4.76. The molecule has 0 aliphatic heterocycles. The molecule has 1 rings (SSSR count). The third-order valence-electron chi connectivity index (χ3n) is 2.89. The van der Waals surface area contributed by atoms with Crippen LogP contribution in [0.4, 0.5) is 18.9 Å². The molecule has 0 aromatic heterocycles. The largest absolute Gasteiger partial charge is 0.462 e. The van der Waals surface area contributed by atoms with E-state index in [1.54, 1.807) is 0 Å². The summed E-state index contributed by atoms with van der Waals surface area (Å²) in [6, 6.07) is 0.459. The minimum absolute atomic E-state index is 0.112. The number of halogens is 3. The van der Waals surface area contributed by atoms with Crippen molar-refractivity contribution < 1.29 is 22.7 Å². The number of hydrogen-bond donors (Lipinski definition) is 1. The monoisotopic (exact) mass is 289 g/mol. The van der Waals surface area contributed by atoms with Gasteiger partial charge in [0.15, 0.2) is 17.5 Å². The normalized spacial score (nSPS) is 10.6. The van der Waals surface area contributed by atoms with Gasteiger partial charge in [0.2, 0.25) is 0 Å². The highest BCUT2D eigenvalue weighted by Gasteiger charge is 2.21. The molecule has 0 atom stereocenters. The molecule has 0 radical (unpaired) electrons. The number of carbonyl (C=O) groups excluding carboxylic acids is 1. The van der Waals surface area contributed by atoms with Gasteiger partial charge in [0.05, 0.1) is 6.61 Å². The van der Waals surface area contributed by atoms with Gasteiger partial charge in [-0.2, -0.15) is 0 Å². The summed E-state index contributed by atoms with van der Waals surface area (Å²) < 4.78 is 44.4. The second kappa shape index (κ2) is 7.77. The lowest BCUT2D eigenvalue weighted by Crippen LogP contribution is -2.12. The maximum Gasteiger partial charge on any atom is 0.341 e. The molecule has 0 bridgehead atoms. The molecule has 0 spiro atoms. The lowest BCUT2D eigenvalue weighted by atomic mass is 10.1. The first-order valence-electron chi connectivity index (χ1n) is 6.59. The van der Waals surface area contributed by atoms with Gasteiger partial charge in [0.25, 0.3) is 0 Å². The number of anilines is 1. The first-order chi connectivity index (χ1) is 9.49. The van der Waals surface area contributed by atoms with Crippen LogP contribution in [0.1, 0.15) is 49.4 Å². The SMILES string of the molecule is CCCCCCCOC(=O)c1cc(F)c(F)c(N)c1F. The minimum atomic E-state index is -1.50. The zero-order valence-corrected chi connectivity index (χ0v) is 11.3. The number of esters is 1. The number of ether oxygens (including phenoxy) is 1. The van der Waals surface area contributed by atoms with Gasteiger partial charge >= 0.3 is 5.97 Å². The number of nitrogens with two attached hydrogens (primary N) is 1. The van der Waals surface area contributed by atoms with E-state index in [1.807, 2.05) is 0 Å². The predicted octanol–water partition coefficient (Wildman–Crippen LogP) is 3.81. The van der Waals surface area contributed by atoms with Crippen LogP contribution in [0.25, 0.3) is 0 Å². The van der Waals surface area contributed by atoms with E-state index in [-0.39, 0.29) is 6.61 Å². The number of hydrogen-bond acceptors (Lipinski definition) is 3. The van der Waals surface area contributed by atoms with E-state index in [2.05, 4.69) is 6.92 Å². The highest BCUT2D eigenvalue weighted by atomic mass is 19.2. The fourth-order valence-electron chi connectivity index (χ4n) is 1.72. The van der Waals surface area contributed by atoms with Gasteiger partial charge in [0.1, 0.15) is 11.3 Å². The summed E-state index contributed by atoms with van der Waals surface area (Å²) in [5, 5.41) is 0. The van der Waals surface area contributed by atoms with Gasteiger partial charge in [-0.3, -0.25) is 0 Å². The van der Waals surface area contributed by atoms with Crippen molar-refractivity contribution in [3.05, 3.63) is 29.1 Å². The highest BCUT2D eigenvalue weighted by Crippen LogP contribution is 2.22. The van der Waals surface area contributed by atoms with Crippen LogP contribution in [0.3, 0.4) is 0 Å². The molecule has 0 aliphatic carbocycles. The van der Waals surface area contributed by atoms with Crippen LogP contribution >= 0.6 is 0 Å². The van der Waals surface area contributed by atoms with Crippen LogP contribution < -0.4 is 5.73 Å². The molecule has 1 aromatic rings. The summed E-state index contributed by atoms with van der Waals surface area (Å²) in [5.74, 6) is -5.21. The molecular formula is C14H18F3NO2. The van der Waals surface area contributed by atoms with Gasteiger partial charge in [-0.1, -0.05) is 32.6 Å². The molecule has 2 N–H and O–H groups in total. The number of unbranched alkanes of at least 4 members (excludes halogenated alkanes) is 4. The molecule has 0 amide bonds. The Morgan fingerprint density at radius 1 is 1.15 bits per heavy atom. The van der Waals surface area contributed by atoms with E-state index in [4.69, 9.17) is 10.5 Å². The fourth-order valence-corrected chi connectivity index (χ4v) is 1.72. The van der Waals surface area contributed by atoms with Crippen LogP contribution in [-0.2, 0) is 4.74 Å². The summed E-state index contributed by atoms with van der Waals surface area (Å²) in [4.78, 5) is 11.6. The molecule has 0 aliphatic rings. The molecule has 3 nitrogen and oxygen atoms in total. The number of nitrogen functional groups attached to an aromatic ring is 1. The third-order valence-corrected chi connectivity index (χ3v) is 2.89. The van der Waals surface area contributed by atoms with Crippen LogP contribution in [0.5, 0.6) is 0 Å². The van der Waals surface area contributed by atoms with Crippen molar-refractivity contribution in [1.29, 1.82) is 0 Å². The smallest absolute Gasteiger partial charge is 0.341 e. The van der Waals surface area contributed by atoms with Crippen molar-refractivity contribution in [3.63, 3.8) is 0 Å². The van der Waals surface area contributed by atoms with E-state index in [0.29, 0.717) is 12.5 Å². The van der Waals surface area contributed by atoms with Gasteiger partial charge in [-0.25, -0.2) is 18.0 Å². The Balaban J connectivity index is 2.56. The molecule has 0 fully saturated rings. The number of carbonyl (C=O) groups is 1. The van der Waals surface area contributed by atoms with E-state index in [9.17, 15) is 18.0 Å². The lowest BCUT2D eigenvalue weighted by molar-refractivity contribution is 0.0491. The quantitative estimate of drug-likeness (QED) is 0.359. The average Bonchev–Trinajstić information content (AvgIpc) is 2.44. The van der Waals surface area contributed by atoms with E-state index < -0.39 is 34.7 Å². The topological polar surface area (TPSA) is 52.3 Å². The Morgan fingerprint density at radius 2 is 1.80 bits per heavy atom. The first kappa shape index (κ1) is 16.3. The van der Waals surface area contributed by atoms with Crippen LogP contribution in [0.2, 0.25) is 0 Å². The molecule has 20 heavy (non-hydrogen) atoms. The highest BCUT2D eigenvalue weighted by molar-refractivity contribution is 5.90. The molecule has 112 valence electrons. The summed E-state index contributed by atoms with van der Waals surface area (Å²) >= 11 is 0. The van der Waals surface area contributed by atoms with E-state index in [1.165, 1.54) is 0 Å². The molecule has 0 saturated heterocycles. The summed E-state index contributed by atoms with van der Waals surface area (Å²) in [7, 11) is 0. The standard InChI is InChI=1S/C14H18F3NO2/c1-2-3-4-5-6-7-20-14(19)9-8-10(15)12(17)13(18)11(9)16/h8H,2-7,18H2,1H3. The van der Waals surface area contributed by atoms with E-state index >= 15 is 0 Å². The fraction of sp³-hybridized carbons (Fsp3) is 0.500. The van der Waals surface area contributed by atoms with Gasteiger partial charge < -0.3 is 10.5 Å². The van der Waals surface area contributed by atoms with Crippen molar-refractivity contribution in [2.45, 2.75) is 39.0 Å². The second-order valence-corrected chi connectivity index (χ2v) is 4.50.